The summed E-state index contributed by atoms with van der Waals surface area (Å²) < 4.78 is 5.78. The summed E-state index contributed by atoms with van der Waals surface area (Å²) in [4.78, 5) is 2.46. The summed E-state index contributed by atoms with van der Waals surface area (Å²) in [6.45, 7) is 3.96. The van der Waals surface area contributed by atoms with Crippen LogP contribution in [0.25, 0.3) is 0 Å². The van der Waals surface area contributed by atoms with E-state index in [-0.39, 0.29) is 11.5 Å². The number of rotatable bonds is 7. The molecule has 0 aromatic heterocycles. The van der Waals surface area contributed by atoms with E-state index in [1.165, 1.54) is 38.8 Å². The van der Waals surface area contributed by atoms with Crippen molar-refractivity contribution in [1.82, 2.24) is 4.90 Å². The zero-order valence-electron chi connectivity index (χ0n) is 13.8. The van der Waals surface area contributed by atoms with Gasteiger partial charge in [0.2, 0.25) is 5.71 Å². The summed E-state index contributed by atoms with van der Waals surface area (Å²) in [5.41, 5.74) is 8.48. The molecule has 2 rings (SSSR count). The van der Waals surface area contributed by atoms with E-state index in [0.717, 1.165) is 12.3 Å². The van der Waals surface area contributed by atoms with Gasteiger partial charge < -0.3 is 10.5 Å². The highest BCUT2D eigenvalue weighted by atomic mass is 16.5. The smallest absolute Gasteiger partial charge is 0.201 e. The number of hydrazone groups is 1. The maximum absolute atomic E-state index is 8.78. The third-order valence-corrected chi connectivity index (χ3v) is 3.89. The lowest BCUT2D eigenvalue weighted by molar-refractivity contribution is 0.214. The first-order chi connectivity index (χ1) is 11.7. The normalized spacial score (nSPS) is 16.0. The van der Waals surface area contributed by atoms with E-state index in [1.807, 2.05) is 12.1 Å². The maximum Gasteiger partial charge on any atom is 0.201 e. The van der Waals surface area contributed by atoms with Crippen LogP contribution in [0.1, 0.15) is 25.7 Å². The van der Waals surface area contributed by atoms with E-state index in [9.17, 15) is 0 Å². The van der Waals surface area contributed by atoms with Gasteiger partial charge in [0.05, 0.1) is 5.69 Å². The molecule has 0 saturated carbocycles. The Kier molecular flexibility index (Phi) is 7.05. The molecule has 7 heteroatoms. The number of hydrogen-bond donors (Lipinski definition) is 3. The van der Waals surface area contributed by atoms with Crippen LogP contribution in [0.3, 0.4) is 0 Å². The van der Waals surface area contributed by atoms with E-state index in [2.05, 4.69) is 15.4 Å². The molecule has 0 amide bonds. The van der Waals surface area contributed by atoms with Gasteiger partial charge in [-0.1, -0.05) is 12.8 Å². The van der Waals surface area contributed by atoms with Gasteiger partial charge >= 0.3 is 0 Å². The fourth-order valence-corrected chi connectivity index (χ4v) is 2.54. The minimum Gasteiger partial charge on any atom is -0.492 e. The van der Waals surface area contributed by atoms with E-state index in [0.29, 0.717) is 12.3 Å². The topological polar surface area (TPSA) is 111 Å². The van der Waals surface area contributed by atoms with Crippen molar-refractivity contribution in [3.8, 4) is 11.8 Å². The fraction of sp³-hybridized carbons (Fsp3) is 0.471. The van der Waals surface area contributed by atoms with Crippen molar-refractivity contribution in [2.24, 2.45) is 10.8 Å². The van der Waals surface area contributed by atoms with Gasteiger partial charge in [0.25, 0.3) is 0 Å². The Morgan fingerprint density at radius 2 is 1.92 bits per heavy atom. The third-order valence-electron chi connectivity index (χ3n) is 3.89. The monoisotopic (exact) mass is 328 g/mol. The summed E-state index contributed by atoms with van der Waals surface area (Å²) >= 11 is 0. The van der Waals surface area contributed by atoms with Crippen molar-refractivity contribution >= 4 is 17.2 Å². The van der Waals surface area contributed by atoms with E-state index in [1.54, 1.807) is 18.2 Å². The quantitative estimate of drug-likeness (QED) is 0.403. The van der Waals surface area contributed by atoms with Crippen molar-refractivity contribution in [3.63, 3.8) is 0 Å². The lowest BCUT2D eigenvalue weighted by atomic mass is 10.2. The van der Waals surface area contributed by atoms with Gasteiger partial charge in [0.1, 0.15) is 18.4 Å². The molecule has 7 nitrogen and oxygen atoms in total. The number of nitrogens with zero attached hydrogens (tertiary/aromatic N) is 3. The molecule has 0 aliphatic carbocycles. The van der Waals surface area contributed by atoms with Gasteiger partial charge in [-0.2, -0.15) is 10.4 Å². The second-order valence-corrected chi connectivity index (χ2v) is 5.73. The molecule has 1 heterocycles. The number of anilines is 1. The number of hydrogen-bond acceptors (Lipinski definition) is 6. The van der Waals surface area contributed by atoms with Crippen LogP contribution in [0.2, 0.25) is 0 Å². The molecular weight excluding hydrogens is 304 g/mol. The predicted octanol–water partition coefficient (Wildman–Crippen LogP) is 2.17. The molecule has 4 N–H and O–H groups in total. The molecule has 0 bridgehead atoms. The Labute approximate surface area is 142 Å². The number of nitrogens with one attached hydrogen (secondary N) is 2. The molecule has 24 heavy (non-hydrogen) atoms. The summed E-state index contributed by atoms with van der Waals surface area (Å²) in [5.74, 6) is 0.435. The van der Waals surface area contributed by atoms with Crippen molar-refractivity contribution in [2.45, 2.75) is 25.7 Å². The van der Waals surface area contributed by atoms with Crippen LogP contribution < -0.4 is 15.9 Å². The standard InChI is InChI=1S/C17H24N6O/c18-13-16(17(19)20)22-21-14-5-7-15(8-6-14)24-12-11-23-9-3-1-2-4-10-23/h5-8,21H,1-4,9-12H2,(H3,19,20)/b22-16+. The first-order valence-corrected chi connectivity index (χ1v) is 8.22. The number of benzene rings is 1. The number of nitrogens with two attached hydrogens (primary N) is 1. The van der Waals surface area contributed by atoms with Gasteiger partial charge in [-0.3, -0.25) is 15.7 Å². The zero-order valence-corrected chi connectivity index (χ0v) is 13.8. The Morgan fingerprint density at radius 3 is 2.50 bits per heavy atom. The second-order valence-electron chi connectivity index (χ2n) is 5.73. The summed E-state index contributed by atoms with van der Waals surface area (Å²) in [6.07, 6.45) is 5.24. The molecule has 1 aromatic rings. The van der Waals surface area contributed by atoms with E-state index in [4.69, 9.17) is 21.1 Å². The SMILES string of the molecule is N#C/C(=N\Nc1ccc(OCCN2CCCCCC2)cc1)C(=N)N. The molecule has 1 aliphatic heterocycles. The van der Waals surface area contributed by atoms with Crippen molar-refractivity contribution in [1.29, 1.82) is 10.7 Å². The van der Waals surface area contributed by atoms with Crippen LogP contribution in [0.15, 0.2) is 29.4 Å². The molecule has 1 fully saturated rings. The van der Waals surface area contributed by atoms with Gasteiger partial charge in [0, 0.05) is 6.54 Å². The maximum atomic E-state index is 8.78. The Morgan fingerprint density at radius 1 is 1.25 bits per heavy atom. The zero-order chi connectivity index (χ0) is 17.2. The third kappa shape index (κ3) is 5.89. The molecule has 0 radical (unpaired) electrons. The van der Waals surface area contributed by atoms with Crippen LogP contribution in [-0.2, 0) is 0 Å². The van der Waals surface area contributed by atoms with Crippen molar-refractivity contribution in [2.75, 3.05) is 31.7 Å². The van der Waals surface area contributed by atoms with Crippen molar-refractivity contribution in [3.05, 3.63) is 24.3 Å². The molecule has 0 atom stereocenters. The minimum absolute atomic E-state index is 0.146. The van der Waals surface area contributed by atoms with Crippen LogP contribution in [0, 0.1) is 16.7 Å². The highest BCUT2D eigenvalue weighted by Crippen LogP contribution is 2.16. The average molecular weight is 328 g/mol. The number of amidine groups is 1. The van der Waals surface area contributed by atoms with E-state index < -0.39 is 0 Å². The highest BCUT2D eigenvalue weighted by Gasteiger charge is 2.08. The Hall–Kier alpha value is -2.59. The molecule has 0 unspecified atom stereocenters. The van der Waals surface area contributed by atoms with Crippen LogP contribution in [-0.4, -0.2) is 42.7 Å². The summed E-state index contributed by atoms with van der Waals surface area (Å²) in [5, 5.41) is 19.7. The van der Waals surface area contributed by atoms with Crippen LogP contribution in [0.4, 0.5) is 5.69 Å². The lowest BCUT2D eigenvalue weighted by Crippen LogP contribution is -2.29. The second kappa shape index (κ2) is 9.53. The first kappa shape index (κ1) is 17.8. The molecule has 1 aromatic carbocycles. The Balaban J connectivity index is 1.77. The highest BCUT2D eigenvalue weighted by molar-refractivity contribution is 6.45. The number of likely N-dealkylation sites (tertiary alicyclic amines) is 1. The predicted molar refractivity (Wildman–Crippen MR) is 95.4 cm³/mol. The minimum atomic E-state index is -0.363. The van der Waals surface area contributed by atoms with Crippen LogP contribution in [0.5, 0.6) is 5.75 Å². The summed E-state index contributed by atoms with van der Waals surface area (Å²) in [7, 11) is 0. The van der Waals surface area contributed by atoms with Crippen molar-refractivity contribution < 1.29 is 4.74 Å². The molecule has 0 spiro atoms. The summed E-state index contributed by atoms with van der Waals surface area (Å²) in [6, 6.07) is 9.06. The lowest BCUT2D eigenvalue weighted by Gasteiger charge is -2.19. The van der Waals surface area contributed by atoms with E-state index >= 15 is 0 Å². The van der Waals surface area contributed by atoms with Crippen LogP contribution >= 0.6 is 0 Å². The largest absolute Gasteiger partial charge is 0.492 e. The van der Waals surface area contributed by atoms with Gasteiger partial charge in [-0.25, -0.2) is 0 Å². The molecule has 1 aliphatic rings. The molecule has 128 valence electrons. The van der Waals surface area contributed by atoms with Gasteiger partial charge in [-0.15, -0.1) is 0 Å². The molecule has 1 saturated heterocycles. The van der Waals surface area contributed by atoms with Gasteiger partial charge in [0.15, 0.2) is 5.84 Å². The fourth-order valence-electron chi connectivity index (χ4n) is 2.54. The average Bonchev–Trinajstić information content (AvgIpc) is 2.85. The number of ether oxygens (including phenoxy) is 1. The molecular formula is C17H24N6O. The number of nitriles is 1. The van der Waals surface area contributed by atoms with Gasteiger partial charge in [-0.05, 0) is 50.2 Å². The first-order valence-electron chi connectivity index (χ1n) is 8.22. The Bertz CT molecular complexity index is 597.